The summed E-state index contributed by atoms with van der Waals surface area (Å²) in [5, 5.41) is 3.51. The third kappa shape index (κ3) is 5.12. The van der Waals surface area contributed by atoms with Gasteiger partial charge in [0.1, 0.15) is 5.75 Å². The minimum absolute atomic E-state index is 0.175. The highest BCUT2D eigenvalue weighted by Gasteiger charge is 2.31. The maximum absolute atomic E-state index is 12.1. The second kappa shape index (κ2) is 7.02. The van der Waals surface area contributed by atoms with Crippen LogP contribution in [0, 0.1) is 0 Å². The topological polar surface area (TPSA) is 24.5 Å². The molecule has 2 rings (SSSR count). The third-order valence-electron chi connectivity index (χ3n) is 3.61. The Morgan fingerprint density at radius 1 is 1.19 bits per heavy atom. The number of hydrogen-bond acceptors (Lipinski definition) is 3. The summed E-state index contributed by atoms with van der Waals surface area (Å²) in [6.07, 6.45) is -1.40. The summed E-state index contributed by atoms with van der Waals surface area (Å²) in [5.41, 5.74) is 0.943. The van der Waals surface area contributed by atoms with Crippen molar-refractivity contribution in [3.8, 4) is 5.75 Å². The fourth-order valence-electron chi connectivity index (χ4n) is 2.55. The number of hydrogen-bond donors (Lipinski definition) is 1. The highest BCUT2D eigenvalue weighted by molar-refractivity contribution is 5.49. The molecule has 1 aromatic carbocycles. The fourth-order valence-corrected chi connectivity index (χ4v) is 2.55. The quantitative estimate of drug-likeness (QED) is 0.900. The first kappa shape index (κ1) is 15.9. The lowest BCUT2D eigenvalue weighted by Gasteiger charge is -2.34. The van der Waals surface area contributed by atoms with Crippen LogP contribution in [0.25, 0.3) is 0 Å². The summed E-state index contributed by atoms with van der Waals surface area (Å²) in [6.45, 7) is 5.02. The average molecular weight is 302 g/mol. The standard InChI is InChI=1S/C15H21F3N2O/c1-2-9-19-12-7-10-20(11-8-12)13-3-5-14(6-4-13)21-15(16,17)18/h3-6,12,19H,2,7-11H2,1H3. The molecule has 0 bridgehead atoms. The summed E-state index contributed by atoms with van der Waals surface area (Å²) >= 11 is 0. The molecule has 118 valence electrons. The molecule has 0 radical (unpaired) electrons. The molecule has 0 unspecified atom stereocenters. The molecule has 1 aromatic rings. The molecule has 0 saturated carbocycles. The van der Waals surface area contributed by atoms with E-state index in [0.717, 1.165) is 44.6 Å². The van der Waals surface area contributed by atoms with Gasteiger partial charge in [0.05, 0.1) is 0 Å². The van der Waals surface area contributed by atoms with E-state index in [4.69, 9.17) is 0 Å². The van der Waals surface area contributed by atoms with Crippen LogP contribution in [-0.4, -0.2) is 32.0 Å². The van der Waals surface area contributed by atoms with Gasteiger partial charge in [0.15, 0.2) is 0 Å². The number of piperidine rings is 1. The van der Waals surface area contributed by atoms with Gasteiger partial charge in [-0.1, -0.05) is 6.92 Å². The highest BCUT2D eigenvalue weighted by atomic mass is 19.4. The van der Waals surface area contributed by atoms with Crippen LogP contribution in [0.5, 0.6) is 5.75 Å². The molecular formula is C15H21F3N2O. The first-order valence-corrected chi connectivity index (χ1v) is 7.32. The van der Waals surface area contributed by atoms with Crippen molar-refractivity contribution >= 4 is 5.69 Å². The number of rotatable bonds is 5. The van der Waals surface area contributed by atoms with E-state index in [2.05, 4.69) is 21.9 Å². The second-order valence-corrected chi connectivity index (χ2v) is 5.26. The molecule has 0 aromatic heterocycles. The fraction of sp³-hybridized carbons (Fsp3) is 0.600. The maximum Gasteiger partial charge on any atom is 0.573 e. The predicted octanol–water partition coefficient (Wildman–Crippen LogP) is 3.55. The molecule has 21 heavy (non-hydrogen) atoms. The molecule has 3 nitrogen and oxygen atoms in total. The summed E-state index contributed by atoms with van der Waals surface area (Å²) in [6, 6.07) is 6.64. The van der Waals surface area contributed by atoms with E-state index >= 15 is 0 Å². The minimum Gasteiger partial charge on any atom is -0.406 e. The van der Waals surface area contributed by atoms with Gasteiger partial charge in [-0.3, -0.25) is 0 Å². The van der Waals surface area contributed by atoms with E-state index in [9.17, 15) is 13.2 Å². The van der Waals surface area contributed by atoms with Crippen molar-refractivity contribution in [3.05, 3.63) is 24.3 Å². The molecule has 1 N–H and O–H groups in total. The molecular weight excluding hydrogens is 281 g/mol. The molecule has 1 fully saturated rings. The van der Waals surface area contributed by atoms with Crippen molar-refractivity contribution in [2.24, 2.45) is 0 Å². The average Bonchev–Trinajstić information content (AvgIpc) is 2.45. The number of nitrogens with one attached hydrogen (secondary N) is 1. The molecule has 0 amide bonds. The SMILES string of the molecule is CCCNC1CCN(c2ccc(OC(F)(F)F)cc2)CC1. The number of anilines is 1. The normalized spacial score (nSPS) is 17.0. The summed E-state index contributed by atoms with van der Waals surface area (Å²) < 4.78 is 40.2. The molecule has 6 heteroatoms. The largest absolute Gasteiger partial charge is 0.573 e. The molecule has 0 spiro atoms. The minimum atomic E-state index is -4.63. The summed E-state index contributed by atoms with van der Waals surface area (Å²) in [7, 11) is 0. The highest BCUT2D eigenvalue weighted by Crippen LogP contribution is 2.26. The van der Waals surface area contributed by atoms with E-state index in [0.29, 0.717) is 6.04 Å². The number of benzene rings is 1. The Hall–Kier alpha value is -1.43. The van der Waals surface area contributed by atoms with Gasteiger partial charge < -0.3 is 15.0 Å². The van der Waals surface area contributed by atoms with E-state index < -0.39 is 6.36 Å². The zero-order valence-electron chi connectivity index (χ0n) is 12.1. The van der Waals surface area contributed by atoms with Crippen LogP contribution in [-0.2, 0) is 0 Å². The molecule has 0 atom stereocenters. The van der Waals surface area contributed by atoms with Crippen molar-refractivity contribution in [1.82, 2.24) is 5.32 Å². The van der Waals surface area contributed by atoms with Gasteiger partial charge in [-0.2, -0.15) is 0 Å². The number of halogens is 3. The second-order valence-electron chi connectivity index (χ2n) is 5.26. The van der Waals surface area contributed by atoms with Crippen molar-refractivity contribution in [2.45, 2.75) is 38.6 Å². The van der Waals surface area contributed by atoms with Crippen molar-refractivity contribution in [2.75, 3.05) is 24.5 Å². The Morgan fingerprint density at radius 3 is 2.33 bits per heavy atom. The van der Waals surface area contributed by atoms with Crippen LogP contribution < -0.4 is 15.0 Å². The van der Waals surface area contributed by atoms with Crippen molar-refractivity contribution < 1.29 is 17.9 Å². The van der Waals surface area contributed by atoms with E-state index in [1.807, 2.05) is 0 Å². The molecule has 1 heterocycles. The van der Waals surface area contributed by atoms with E-state index in [-0.39, 0.29) is 5.75 Å². The van der Waals surface area contributed by atoms with E-state index in [1.54, 1.807) is 12.1 Å². The zero-order valence-corrected chi connectivity index (χ0v) is 12.1. The van der Waals surface area contributed by atoms with Crippen molar-refractivity contribution in [1.29, 1.82) is 0 Å². The molecule has 1 aliphatic heterocycles. The van der Waals surface area contributed by atoms with Gasteiger partial charge in [0.2, 0.25) is 0 Å². The predicted molar refractivity (Wildman–Crippen MR) is 76.7 cm³/mol. The van der Waals surface area contributed by atoms with Gasteiger partial charge in [-0.15, -0.1) is 13.2 Å². The van der Waals surface area contributed by atoms with Gasteiger partial charge in [0, 0.05) is 24.8 Å². The lowest BCUT2D eigenvalue weighted by Crippen LogP contribution is -2.42. The number of ether oxygens (including phenoxy) is 1. The number of nitrogens with zero attached hydrogens (tertiary/aromatic N) is 1. The van der Waals surface area contributed by atoms with Crippen LogP contribution in [0.15, 0.2) is 24.3 Å². The Bertz CT molecular complexity index is 426. The molecule has 1 saturated heterocycles. The Labute approximate surface area is 123 Å². The van der Waals surface area contributed by atoms with Crippen molar-refractivity contribution in [3.63, 3.8) is 0 Å². The third-order valence-corrected chi connectivity index (χ3v) is 3.61. The monoisotopic (exact) mass is 302 g/mol. The lowest BCUT2D eigenvalue weighted by molar-refractivity contribution is -0.274. The number of alkyl halides is 3. The van der Waals surface area contributed by atoms with Crippen LogP contribution >= 0.6 is 0 Å². The lowest BCUT2D eigenvalue weighted by atomic mass is 10.0. The van der Waals surface area contributed by atoms with Crippen LogP contribution in [0.2, 0.25) is 0 Å². The molecule has 0 aliphatic carbocycles. The smallest absolute Gasteiger partial charge is 0.406 e. The zero-order chi connectivity index (χ0) is 15.3. The van der Waals surface area contributed by atoms with Gasteiger partial charge in [-0.05, 0) is 50.1 Å². The van der Waals surface area contributed by atoms with Crippen LogP contribution in [0.4, 0.5) is 18.9 Å². The maximum atomic E-state index is 12.1. The Morgan fingerprint density at radius 2 is 1.81 bits per heavy atom. The summed E-state index contributed by atoms with van der Waals surface area (Å²) in [4.78, 5) is 2.20. The Kier molecular flexibility index (Phi) is 5.33. The van der Waals surface area contributed by atoms with Gasteiger partial charge in [0.25, 0.3) is 0 Å². The molecule has 1 aliphatic rings. The first-order valence-electron chi connectivity index (χ1n) is 7.32. The van der Waals surface area contributed by atoms with Crippen LogP contribution in [0.3, 0.4) is 0 Å². The van der Waals surface area contributed by atoms with Gasteiger partial charge >= 0.3 is 6.36 Å². The van der Waals surface area contributed by atoms with Crippen LogP contribution in [0.1, 0.15) is 26.2 Å². The summed E-state index contributed by atoms with van der Waals surface area (Å²) in [5.74, 6) is -0.175. The van der Waals surface area contributed by atoms with Gasteiger partial charge in [-0.25, -0.2) is 0 Å². The van der Waals surface area contributed by atoms with E-state index in [1.165, 1.54) is 12.1 Å². The first-order chi connectivity index (χ1) is 9.98. The Balaban J connectivity index is 1.86.